The fraction of sp³-hybridized carbons (Fsp3) is 0.143. The third-order valence-electron chi connectivity index (χ3n) is 4.04. The highest BCUT2D eigenvalue weighted by atomic mass is 16.5. The molecular formula is C21H20N2O3. The lowest BCUT2D eigenvalue weighted by molar-refractivity contribution is 0.0951. The second kappa shape index (κ2) is 8.16. The lowest BCUT2D eigenvalue weighted by Crippen LogP contribution is -2.22. The summed E-state index contributed by atoms with van der Waals surface area (Å²) in [5.74, 6) is 1.17. The van der Waals surface area contributed by atoms with Crippen molar-refractivity contribution in [3.63, 3.8) is 0 Å². The number of hydrogen-bond acceptors (Lipinski definition) is 4. The minimum absolute atomic E-state index is 0.127. The summed E-state index contributed by atoms with van der Waals surface area (Å²) in [7, 11) is 3.18. The Bertz CT molecular complexity index is 878. The van der Waals surface area contributed by atoms with Gasteiger partial charge in [-0.25, -0.2) is 0 Å². The number of amides is 1. The van der Waals surface area contributed by atoms with Crippen LogP contribution in [-0.2, 0) is 6.54 Å². The minimum atomic E-state index is -0.127. The summed E-state index contributed by atoms with van der Waals surface area (Å²) in [6.45, 7) is 0.406. The van der Waals surface area contributed by atoms with Gasteiger partial charge in [-0.05, 0) is 47.0 Å². The van der Waals surface area contributed by atoms with Crippen molar-refractivity contribution in [2.45, 2.75) is 6.54 Å². The predicted molar refractivity (Wildman–Crippen MR) is 100 cm³/mol. The van der Waals surface area contributed by atoms with Gasteiger partial charge >= 0.3 is 0 Å². The molecule has 26 heavy (non-hydrogen) atoms. The van der Waals surface area contributed by atoms with Crippen molar-refractivity contribution in [1.29, 1.82) is 0 Å². The van der Waals surface area contributed by atoms with Gasteiger partial charge in [0.2, 0.25) is 0 Å². The van der Waals surface area contributed by atoms with Gasteiger partial charge < -0.3 is 14.8 Å². The topological polar surface area (TPSA) is 60.5 Å². The number of nitrogens with one attached hydrogen (secondary N) is 1. The number of benzene rings is 2. The molecule has 0 saturated carbocycles. The van der Waals surface area contributed by atoms with E-state index in [-0.39, 0.29) is 5.91 Å². The van der Waals surface area contributed by atoms with Gasteiger partial charge in [0.15, 0.2) is 11.5 Å². The lowest BCUT2D eigenvalue weighted by Gasteiger charge is -2.10. The van der Waals surface area contributed by atoms with Crippen LogP contribution in [0.2, 0.25) is 0 Å². The summed E-state index contributed by atoms with van der Waals surface area (Å²) >= 11 is 0. The van der Waals surface area contributed by atoms with Crippen LogP contribution >= 0.6 is 0 Å². The van der Waals surface area contributed by atoms with Crippen molar-refractivity contribution in [3.05, 3.63) is 78.1 Å². The molecule has 3 rings (SSSR count). The smallest absolute Gasteiger partial charge is 0.251 e. The zero-order chi connectivity index (χ0) is 18.4. The molecule has 1 amide bonds. The Labute approximate surface area is 152 Å². The minimum Gasteiger partial charge on any atom is -0.493 e. The Hall–Kier alpha value is -3.34. The van der Waals surface area contributed by atoms with Crippen LogP contribution in [0.1, 0.15) is 15.9 Å². The molecule has 5 nitrogen and oxygen atoms in total. The van der Waals surface area contributed by atoms with E-state index in [1.165, 1.54) is 0 Å². The maximum atomic E-state index is 12.4. The number of aromatic nitrogens is 1. The third-order valence-corrected chi connectivity index (χ3v) is 4.04. The molecule has 0 aliphatic heterocycles. The number of pyridine rings is 1. The molecule has 0 saturated heterocycles. The van der Waals surface area contributed by atoms with Crippen LogP contribution in [0.25, 0.3) is 11.1 Å². The highest BCUT2D eigenvalue weighted by Gasteiger charge is 2.08. The van der Waals surface area contributed by atoms with Crippen LogP contribution in [-0.4, -0.2) is 25.1 Å². The highest BCUT2D eigenvalue weighted by Crippen LogP contribution is 2.27. The maximum Gasteiger partial charge on any atom is 0.251 e. The molecule has 0 aliphatic carbocycles. The van der Waals surface area contributed by atoms with E-state index >= 15 is 0 Å². The maximum absolute atomic E-state index is 12.4. The van der Waals surface area contributed by atoms with Crippen LogP contribution in [0.15, 0.2) is 67.0 Å². The average molecular weight is 348 g/mol. The molecule has 0 spiro atoms. The Morgan fingerprint density at radius 2 is 1.73 bits per heavy atom. The zero-order valence-corrected chi connectivity index (χ0v) is 14.7. The quantitative estimate of drug-likeness (QED) is 0.738. The number of rotatable bonds is 6. The van der Waals surface area contributed by atoms with Crippen molar-refractivity contribution in [2.24, 2.45) is 0 Å². The molecule has 0 aliphatic rings. The number of methoxy groups -OCH3 is 2. The monoisotopic (exact) mass is 348 g/mol. The second-order valence-electron chi connectivity index (χ2n) is 5.69. The summed E-state index contributed by atoms with van der Waals surface area (Å²) in [4.78, 5) is 16.5. The first kappa shape index (κ1) is 17.5. The van der Waals surface area contributed by atoms with E-state index in [1.54, 1.807) is 26.6 Å². The van der Waals surface area contributed by atoms with E-state index in [4.69, 9.17) is 9.47 Å². The molecule has 0 fully saturated rings. The standard InChI is InChI=1S/C21H20N2O3/c1-25-19-10-5-15(12-20(19)26-2)13-23-21(24)17-8-6-16(7-9-17)18-4-3-11-22-14-18/h3-12,14H,13H2,1-2H3,(H,23,24). The molecule has 132 valence electrons. The first-order valence-electron chi connectivity index (χ1n) is 8.21. The predicted octanol–water partition coefficient (Wildman–Crippen LogP) is 3.70. The third kappa shape index (κ3) is 4.00. The fourth-order valence-corrected chi connectivity index (χ4v) is 2.62. The van der Waals surface area contributed by atoms with Crippen molar-refractivity contribution in [3.8, 4) is 22.6 Å². The van der Waals surface area contributed by atoms with Gasteiger partial charge in [0, 0.05) is 24.5 Å². The fourth-order valence-electron chi connectivity index (χ4n) is 2.62. The Balaban J connectivity index is 1.65. The van der Waals surface area contributed by atoms with Crippen LogP contribution in [0.4, 0.5) is 0 Å². The van der Waals surface area contributed by atoms with Crippen LogP contribution in [0, 0.1) is 0 Å². The molecular weight excluding hydrogens is 328 g/mol. The van der Waals surface area contributed by atoms with Crippen LogP contribution in [0.3, 0.4) is 0 Å². The molecule has 1 aromatic heterocycles. The molecule has 2 aromatic carbocycles. The molecule has 0 atom stereocenters. The summed E-state index contributed by atoms with van der Waals surface area (Å²) in [6, 6.07) is 16.9. The van der Waals surface area contributed by atoms with E-state index in [0.717, 1.165) is 16.7 Å². The SMILES string of the molecule is COc1ccc(CNC(=O)c2ccc(-c3cccnc3)cc2)cc1OC. The molecule has 1 heterocycles. The summed E-state index contributed by atoms with van der Waals surface area (Å²) in [5, 5.41) is 2.92. The van der Waals surface area contributed by atoms with Crippen molar-refractivity contribution >= 4 is 5.91 Å². The van der Waals surface area contributed by atoms with Gasteiger partial charge in [-0.3, -0.25) is 9.78 Å². The van der Waals surface area contributed by atoms with E-state index in [1.807, 2.05) is 54.6 Å². The molecule has 0 radical (unpaired) electrons. The lowest BCUT2D eigenvalue weighted by atomic mass is 10.1. The Morgan fingerprint density at radius 3 is 2.38 bits per heavy atom. The van der Waals surface area contributed by atoms with E-state index in [0.29, 0.717) is 23.6 Å². The number of carbonyl (C=O) groups excluding carboxylic acids is 1. The normalized spacial score (nSPS) is 10.2. The van der Waals surface area contributed by atoms with E-state index in [2.05, 4.69) is 10.3 Å². The zero-order valence-electron chi connectivity index (χ0n) is 14.7. The number of carbonyl (C=O) groups is 1. The number of hydrogen-bond donors (Lipinski definition) is 1. The molecule has 0 bridgehead atoms. The van der Waals surface area contributed by atoms with Gasteiger partial charge in [-0.2, -0.15) is 0 Å². The second-order valence-corrected chi connectivity index (χ2v) is 5.69. The largest absolute Gasteiger partial charge is 0.493 e. The van der Waals surface area contributed by atoms with Gasteiger partial charge in [0.05, 0.1) is 14.2 Å². The number of ether oxygens (including phenoxy) is 2. The van der Waals surface area contributed by atoms with Crippen LogP contribution < -0.4 is 14.8 Å². The molecule has 1 N–H and O–H groups in total. The highest BCUT2D eigenvalue weighted by molar-refractivity contribution is 5.94. The van der Waals surface area contributed by atoms with E-state index < -0.39 is 0 Å². The van der Waals surface area contributed by atoms with Gasteiger partial charge in [-0.1, -0.05) is 24.3 Å². The van der Waals surface area contributed by atoms with Gasteiger partial charge in [-0.15, -0.1) is 0 Å². The first-order chi connectivity index (χ1) is 12.7. The Kier molecular flexibility index (Phi) is 5.49. The van der Waals surface area contributed by atoms with Crippen molar-refractivity contribution in [1.82, 2.24) is 10.3 Å². The molecule has 5 heteroatoms. The summed E-state index contributed by atoms with van der Waals surface area (Å²) in [6.07, 6.45) is 3.53. The average Bonchev–Trinajstić information content (AvgIpc) is 2.72. The summed E-state index contributed by atoms with van der Waals surface area (Å²) in [5.41, 5.74) is 3.58. The summed E-state index contributed by atoms with van der Waals surface area (Å²) < 4.78 is 10.5. The Morgan fingerprint density at radius 1 is 0.962 bits per heavy atom. The van der Waals surface area contributed by atoms with Gasteiger partial charge in [0.1, 0.15) is 0 Å². The molecule has 0 unspecified atom stereocenters. The number of nitrogens with zero attached hydrogens (tertiary/aromatic N) is 1. The van der Waals surface area contributed by atoms with Crippen molar-refractivity contribution < 1.29 is 14.3 Å². The van der Waals surface area contributed by atoms with Crippen LogP contribution in [0.5, 0.6) is 11.5 Å². The van der Waals surface area contributed by atoms with E-state index in [9.17, 15) is 4.79 Å². The molecule has 3 aromatic rings. The first-order valence-corrected chi connectivity index (χ1v) is 8.21. The van der Waals surface area contributed by atoms with Crippen molar-refractivity contribution in [2.75, 3.05) is 14.2 Å². The van der Waals surface area contributed by atoms with Gasteiger partial charge in [0.25, 0.3) is 5.91 Å².